The third-order valence-corrected chi connectivity index (χ3v) is 3.65. The minimum atomic E-state index is -0.145. The van der Waals surface area contributed by atoms with Crippen LogP contribution in [0, 0.1) is 0 Å². The Morgan fingerprint density at radius 2 is 2.40 bits per heavy atom. The molecule has 2 aromatic rings. The van der Waals surface area contributed by atoms with Gasteiger partial charge in [0.25, 0.3) is 5.56 Å². The Hall–Kier alpha value is -1.43. The second kappa shape index (κ2) is 5.52. The summed E-state index contributed by atoms with van der Waals surface area (Å²) in [6.45, 7) is 5.09. The molecule has 20 heavy (non-hydrogen) atoms. The van der Waals surface area contributed by atoms with Crippen LogP contribution in [0.2, 0.25) is 5.02 Å². The molecule has 0 amide bonds. The van der Waals surface area contributed by atoms with E-state index in [0.717, 1.165) is 13.1 Å². The molecule has 1 aromatic carbocycles. The van der Waals surface area contributed by atoms with E-state index in [-0.39, 0.29) is 11.7 Å². The monoisotopic (exact) mass is 293 g/mol. The number of nitrogens with zero attached hydrogens (tertiary/aromatic N) is 2. The van der Waals surface area contributed by atoms with Crippen LogP contribution in [0.15, 0.2) is 23.0 Å². The van der Waals surface area contributed by atoms with Gasteiger partial charge < -0.3 is 9.72 Å². The van der Waals surface area contributed by atoms with Crippen LogP contribution in [0.1, 0.15) is 12.7 Å². The largest absolute Gasteiger partial charge is 0.376 e. The number of benzene rings is 1. The maximum absolute atomic E-state index is 12.1. The Kier molecular flexibility index (Phi) is 3.74. The predicted molar refractivity (Wildman–Crippen MR) is 78.1 cm³/mol. The van der Waals surface area contributed by atoms with Crippen molar-refractivity contribution in [2.75, 3.05) is 19.7 Å². The van der Waals surface area contributed by atoms with Crippen molar-refractivity contribution in [2.24, 2.45) is 0 Å². The van der Waals surface area contributed by atoms with Crippen LogP contribution in [0.3, 0.4) is 0 Å². The number of rotatable bonds is 2. The minimum absolute atomic E-state index is 0.145. The van der Waals surface area contributed by atoms with Crippen molar-refractivity contribution >= 4 is 22.5 Å². The zero-order chi connectivity index (χ0) is 14.1. The Labute approximate surface area is 121 Å². The van der Waals surface area contributed by atoms with Crippen molar-refractivity contribution in [2.45, 2.75) is 19.6 Å². The molecule has 1 atom stereocenters. The molecule has 3 rings (SSSR count). The number of hydrogen-bond donors (Lipinski definition) is 1. The van der Waals surface area contributed by atoms with Crippen molar-refractivity contribution in [3.63, 3.8) is 0 Å². The first kappa shape index (κ1) is 13.5. The Morgan fingerprint density at radius 1 is 1.55 bits per heavy atom. The van der Waals surface area contributed by atoms with Gasteiger partial charge in [-0.3, -0.25) is 9.69 Å². The number of halogens is 1. The van der Waals surface area contributed by atoms with Crippen LogP contribution in [-0.2, 0) is 11.3 Å². The van der Waals surface area contributed by atoms with Gasteiger partial charge in [0.1, 0.15) is 5.82 Å². The molecular weight excluding hydrogens is 278 g/mol. The highest BCUT2D eigenvalue weighted by atomic mass is 35.5. The Morgan fingerprint density at radius 3 is 3.20 bits per heavy atom. The SMILES string of the molecule is C[C@H]1CN(Cc2nc3ccc(Cl)cc3c(=O)[nH]2)CCO1. The number of aromatic amines is 1. The normalized spacial score (nSPS) is 20.4. The van der Waals surface area contributed by atoms with Gasteiger partial charge in [0.2, 0.25) is 0 Å². The summed E-state index contributed by atoms with van der Waals surface area (Å²) in [5.41, 5.74) is 0.531. The van der Waals surface area contributed by atoms with E-state index in [0.29, 0.717) is 34.9 Å². The van der Waals surface area contributed by atoms with E-state index in [4.69, 9.17) is 16.3 Å². The molecule has 0 spiro atoms. The molecule has 0 aliphatic carbocycles. The second-order valence-corrected chi connectivity index (χ2v) is 5.53. The van der Waals surface area contributed by atoms with Gasteiger partial charge in [-0.15, -0.1) is 0 Å². The van der Waals surface area contributed by atoms with Crippen LogP contribution < -0.4 is 5.56 Å². The fourth-order valence-corrected chi connectivity index (χ4v) is 2.65. The molecule has 5 nitrogen and oxygen atoms in total. The lowest BCUT2D eigenvalue weighted by atomic mass is 10.2. The fourth-order valence-electron chi connectivity index (χ4n) is 2.48. The lowest BCUT2D eigenvalue weighted by molar-refractivity contribution is -0.0219. The van der Waals surface area contributed by atoms with Crippen molar-refractivity contribution < 1.29 is 4.74 Å². The van der Waals surface area contributed by atoms with Crippen molar-refractivity contribution in [1.29, 1.82) is 0 Å². The molecule has 0 radical (unpaired) electrons. The van der Waals surface area contributed by atoms with Crippen molar-refractivity contribution in [1.82, 2.24) is 14.9 Å². The lowest BCUT2D eigenvalue weighted by Gasteiger charge is -2.30. The zero-order valence-electron chi connectivity index (χ0n) is 11.2. The summed E-state index contributed by atoms with van der Waals surface area (Å²) in [5, 5.41) is 1.07. The quantitative estimate of drug-likeness (QED) is 0.917. The van der Waals surface area contributed by atoms with Crippen molar-refractivity contribution in [3.05, 3.63) is 39.4 Å². The molecule has 106 valence electrons. The topological polar surface area (TPSA) is 58.2 Å². The third kappa shape index (κ3) is 2.85. The summed E-state index contributed by atoms with van der Waals surface area (Å²) in [5.74, 6) is 0.680. The van der Waals surface area contributed by atoms with Gasteiger partial charge in [-0.1, -0.05) is 11.6 Å². The van der Waals surface area contributed by atoms with E-state index in [1.54, 1.807) is 18.2 Å². The molecule has 0 saturated carbocycles. The number of fused-ring (bicyclic) bond motifs is 1. The van der Waals surface area contributed by atoms with Gasteiger partial charge in [0, 0.05) is 18.1 Å². The molecule has 1 fully saturated rings. The molecule has 1 aromatic heterocycles. The van der Waals surface area contributed by atoms with E-state index >= 15 is 0 Å². The predicted octanol–water partition coefficient (Wildman–Crippen LogP) is 1.80. The van der Waals surface area contributed by atoms with Crippen LogP contribution in [0.5, 0.6) is 0 Å². The molecule has 0 bridgehead atoms. The Bertz CT molecular complexity index is 686. The number of ether oxygens (including phenoxy) is 1. The molecule has 1 saturated heterocycles. The maximum atomic E-state index is 12.1. The first-order valence-corrected chi connectivity index (χ1v) is 7.02. The van der Waals surface area contributed by atoms with Gasteiger partial charge in [0.15, 0.2) is 0 Å². The summed E-state index contributed by atoms with van der Waals surface area (Å²) < 4.78 is 5.50. The van der Waals surface area contributed by atoms with Gasteiger partial charge in [-0.05, 0) is 25.1 Å². The van der Waals surface area contributed by atoms with E-state index in [1.165, 1.54) is 0 Å². The fraction of sp³-hybridized carbons (Fsp3) is 0.429. The molecule has 1 aliphatic rings. The third-order valence-electron chi connectivity index (χ3n) is 3.42. The lowest BCUT2D eigenvalue weighted by Crippen LogP contribution is -2.41. The van der Waals surface area contributed by atoms with Crippen LogP contribution >= 0.6 is 11.6 Å². The maximum Gasteiger partial charge on any atom is 0.258 e. The summed E-state index contributed by atoms with van der Waals surface area (Å²) >= 11 is 5.90. The minimum Gasteiger partial charge on any atom is -0.376 e. The van der Waals surface area contributed by atoms with E-state index in [2.05, 4.69) is 14.9 Å². The molecule has 0 unspecified atom stereocenters. The van der Waals surface area contributed by atoms with Gasteiger partial charge in [-0.25, -0.2) is 4.98 Å². The van der Waals surface area contributed by atoms with Crippen molar-refractivity contribution in [3.8, 4) is 0 Å². The van der Waals surface area contributed by atoms with Gasteiger partial charge in [0.05, 0.1) is 30.2 Å². The van der Waals surface area contributed by atoms with Crippen LogP contribution in [-0.4, -0.2) is 40.7 Å². The standard InChI is InChI=1S/C14H16ClN3O2/c1-9-7-18(4-5-20-9)8-13-16-12-3-2-10(15)6-11(12)14(19)17-13/h2-3,6,9H,4-5,7-8H2,1H3,(H,16,17,19)/t9-/m0/s1. The smallest absolute Gasteiger partial charge is 0.258 e. The summed E-state index contributed by atoms with van der Waals surface area (Å²) in [6.07, 6.45) is 0.217. The van der Waals surface area contributed by atoms with Gasteiger partial charge >= 0.3 is 0 Å². The zero-order valence-corrected chi connectivity index (χ0v) is 12.0. The number of nitrogens with one attached hydrogen (secondary N) is 1. The molecule has 2 heterocycles. The van der Waals surface area contributed by atoms with Crippen LogP contribution in [0.4, 0.5) is 0 Å². The molecule has 1 aliphatic heterocycles. The second-order valence-electron chi connectivity index (χ2n) is 5.09. The molecular formula is C14H16ClN3O2. The Balaban J connectivity index is 1.89. The summed E-state index contributed by atoms with van der Waals surface area (Å²) in [4.78, 5) is 21.6. The number of morpholine rings is 1. The van der Waals surface area contributed by atoms with E-state index < -0.39 is 0 Å². The number of H-pyrrole nitrogens is 1. The van der Waals surface area contributed by atoms with Gasteiger partial charge in [-0.2, -0.15) is 0 Å². The summed E-state index contributed by atoms with van der Waals surface area (Å²) in [7, 11) is 0. The highest BCUT2D eigenvalue weighted by Gasteiger charge is 2.17. The molecule has 6 heteroatoms. The average molecular weight is 294 g/mol. The highest BCUT2D eigenvalue weighted by molar-refractivity contribution is 6.31. The molecule has 1 N–H and O–H groups in total. The first-order chi connectivity index (χ1) is 9.61. The first-order valence-electron chi connectivity index (χ1n) is 6.64. The van der Waals surface area contributed by atoms with Crippen LogP contribution in [0.25, 0.3) is 10.9 Å². The van der Waals surface area contributed by atoms with E-state index in [1.807, 2.05) is 6.92 Å². The van der Waals surface area contributed by atoms with E-state index in [9.17, 15) is 4.79 Å². The average Bonchev–Trinajstić information content (AvgIpc) is 2.40. The summed E-state index contributed by atoms with van der Waals surface area (Å²) in [6, 6.07) is 5.17. The number of aromatic nitrogens is 2. The number of hydrogen-bond acceptors (Lipinski definition) is 4. The highest BCUT2D eigenvalue weighted by Crippen LogP contribution is 2.15.